The monoisotopic (exact) mass is 414 g/mol. The number of hydrogen-bond acceptors (Lipinski definition) is 3. The van der Waals surface area contributed by atoms with Crippen molar-refractivity contribution < 1.29 is 18.6 Å². The number of aryl methyl sites for hydroxylation is 1. The van der Waals surface area contributed by atoms with Gasteiger partial charge in [-0.3, -0.25) is 0 Å². The zero-order valence-corrected chi connectivity index (χ0v) is 18.4. The molecule has 1 aliphatic heterocycles. The highest BCUT2D eigenvalue weighted by atomic mass is 19.1. The third-order valence-corrected chi connectivity index (χ3v) is 5.62. The molecular formula is C26H35FO3. The van der Waals surface area contributed by atoms with Gasteiger partial charge in [-0.15, -0.1) is 0 Å². The van der Waals surface area contributed by atoms with Crippen molar-refractivity contribution in [3.63, 3.8) is 0 Å². The van der Waals surface area contributed by atoms with E-state index in [-0.39, 0.29) is 12.1 Å². The quantitative estimate of drug-likeness (QED) is 0.379. The molecule has 0 aliphatic carbocycles. The standard InChI is InChI=1S/C26H35FO3/c1-3-5-6-16-28-23-13-14-24(25(27)17-23)22-11-8-20(9-12-22)10-15-26-29-18-21(7-4-2)19-30-26/h8-9,11-14,17,21,26H,3-7,10,15-16,18-19H2,1-2H3. The van der Waals surface area contributed by atoms with E-state index in [0.29, 0.717) is 23.8 Å². The van der Waals surface area contributed by atoms with Crippen molar-refractivity contribution in [3.05, 3.63) is 53.8 Å². The molecule has 0 N–H and O–H groups in total. The Kier molecular flexibility index (Phi) is 9.16. The molecule has 0 unspecified atom stereocenters. The van der Waals surface area contributed by atoms with Gasteiger partial charge in [0.25, 0.3) is 0 Å². The predicted octanol–water partition coefficient (Wildman–Crippen LogP) is 6.78. The second kappa shape index (κ2) is 12.1. The van der Waals surface area contributed by atoms with Gasteiger partial charge in [0.1, 0.15) is 11.6 Å². The van der Waals surface area contributed by atoms with Crippen molar-refractivity contribution in [2.24, 2.45) is 5.92 Å². The second-order valence-corrected chi connectivity index (χ2v) is 8.18. The number of halogens is 1. The van der Waals surface area contributed by atoms with Crippen molar-refractivity contribution in [3.8, 4) is 16.9 Å². The van der Waals surface area contributed by atoms with E-state index >= 15 is 0 Å². The maximum Gasteiger partial charge on any atom is 0.157 e. The minimum Gasteiger partial charge on any atom is -0.493 e. The van der Waals surface area contributed by atoms with E-state index in [1.807, 2.05) is 18.2 Å². The van der Waals surface area contributed by atoms with E-state index < -0.39 is 0 Å². The number of ether oxygens (including phenoxy) is 3. The number of rotatable bonds is 11. The maximum atomic E-state index is 14.6. The molecule has 0 atom stereocenters. The highest BCUT2D eigenvalue weighted by Crippen LogP contribution is 2.27. The smallest absolute Gasteiger partial charge is 0.157 e. The Morgan fingerprint density at radius 2 is 1.70 bits per heavy atom. The molecule has 164 valence electrons. The highest BCUT2D eigenvalue weighted by Gasteiger charge is 2.21. The van der Waals surface area contributed by atoms with E-state index in [9.17, 15) is 4.39 Å². The van der Waals surface area contributed by atoms with E-state index in [2.05, 4.69) is 26.0 Å². The summed E-state index contributed by atoms with van der Waals surface area (Å²) >= 11 is 0. The first kappa shape index (κ1) is 22.8. The van der Waals surface area contributed by atoms with Crippen molar-refractivity contribution in [1.82, 2.24) is 0 Å². The Balaban J connectivity index is 1.49. The lowest BCUT2D eigenvalue weighted by Gasteiger charge is -2.29. The Hall–Kier alpha value is -1.91. The van der Waals surface area contributed by atoms with Gasteiger partial charge in [-0.25, -0.2) is 4.39 Å². The van der Waals surface area contributed by atoms with Crippen LogP contribution in [0.2, 0.25) is 0 Å². The molecule has 0 radical (unpaired) electrons. The van der Waals surface area contributed by atoms with Crippen LogP contribution in [0.3, 0.4) is 0 Å². The van der Waals surface area contributed by atoms with Gasteiger partial charge in [0.05, 0.1) is 19.8 Å². The number of unbranched alkanes of at least 4 members (excludes halogenated alkanes) is 2. The fraction of sp³-hybridized carbons (Fsp3) is 0.538. The molecule has 1 aliphatic rings. The minimum absolute atomic E-state index is 0.111. The first-order chi connectivity index (χ1) is 14.7. The van der Waals surface area contributed by atoms with Crippen LogP contribution in [-0.2, 0) is 15.9 Å². The van der Waals surface area contributed by atoms with Crippen LogP contribution in [0.4, 0.5) is 4.39 Å². The van der Waals surface area contributed by atoms with E-state index in [4.69, 9.17) is 14.2 Å². The van der Waals surface area contributed by atoms with Gasteiger partial charge in [-0.05, 0) is 42.5 Å². The third-order valence-electron chi connectivity index (χ3n) is 5.62. The van der Waals surface area contributed by atoms with Crippen LogP contribution in [0.1, 0.15) is 57.9 Å². The number of benzene rings is 2. The van der Waals surface area contributed by atoms with Gasteiger partial charge in [-0.2, -0.15) is 0 Å². The lowest BCUT2D eigenvalue weighted by atomic mass is 10.0. The maximum absolute atomic E-state index is 14.6. The summed E-state index contributed by atoms with van der Waals surface area (Å²) in [5.74, 6) is 0.882. The van der Waals surface area contributed by atoms with E-state index in [1.54, 1.807) is 6.07 Å². The Labute approximate surface area is 180 Å². The van der Waals surface area contributed by atoms with Crippen molar-refractivity contribution in [1.29, 1.82) is 0 Å². The molecule has 3 rings (SSSR count). The largest absolute Gasteiger partial charge is 0.493 e. The average molecular weight is 415 g/mol. The summed E-state index contributed by atoms with van der Waals surface area (Å²) < 4.78 is 31.9. The van der Waals surface area contributed by atoms with Crippen molar-refractivity contribution in [2.45, 2.75) is 65.1 Å². The summed E-state index contributed by atoms with van der Waals surface area (Å²) in [6.45, 7) is 6.58. The fourth-order valence-electron chi connectivity index (χ4n) is 3.82. The van der Waals surface area contributed by atoms with Gasteiger partial charge < -0.3 is 14.2 Å². The molecule has 0 bridgehead atoms. The van der Waals surface area contributed by atoms with Gasteiger partial charge >= 0.3 is 0 Å². The molecule has 2 aromatic rings. The zero-order valence-electron chi connectivity index (χ0n) is 18.4. The summed E-state index contributed by atoms with van der Waals surface area (Å²) in [5.41, 5.74) is 2.68. The van der Waals surface area contributed by atoms with Gasteiger partial charge in [0.15, 0.2) is 6.29 Å². The van der Waals surface area contributed by atoms with Crippen LogP contribution in [0.5, 0.6) is 5.75 Å². The van der Waals surface area contributed by atoms with Crippen LogP contribution >= 0.6 is 0 Å². The summed E-state index contributed by atoms with van der Waals surface area (Å²) in [6.07, 6.45) is 7.23. The van der Waals surface area contributed by atoms with Crippen LogP contribution in [0, 0.1) is 11.7 Å². The topological polar surface area (TPSA) is 27.7 Å². The highest BCUT2D eigenvalue weighted by molar-refractivity contribution is 5.65. The van der Waals surface area contributed by atoms with E-state index in [1.165, 1.54) is 18.1 Å². The molecule has 1 saturated heterocycles. The average Bonchev–Trinajstić information content (AvgIpc) is 2.77. The molecule has 0 aromatic heterocycles. The molecule has 1 fully saturated rings. The molecular weight excluding hydrogens is 379 g/mol. The molecule has 30 heavy (non-hydrogen) atoms. The van der Waals surface area contributed by atoms with Crippen molar-refractivity contribution in [2.75, 3.05) is 19.8 Å². The molecule has 1 heterocycles. The van der Waals surface area contributed by atoms with Crippen LogP contribution in [-0.4, -0.2) is 26.1 Å². The predicted molar refractivity (Wildman–Crippen MR) is 119 cm³/mol. The molecule has 2 aromatic carbocycles. The summed E-state index contributed by atoms with van der Waals surface area (Å²) in [5, 5.41) is 0. The fourth-order valence-corrected chi connectivity index (χ4v) is 3.82. The lowest BCUT2D eigenvalue weighted by Crippen LogP contribution is -2.32. The first-order valence-electron chi connectivity index (χ1n) is 11.4. The molecule has 0 amide bonds. The lowest BCUT2D eigenvalue weighted by molar-refractivity contribution is -0.203. The first-order valence-corrected chi connectivity index (χ1v) is 11.4. The normalized spacial score (nSPS) is 19.0. The Morgan fingerprint density at radius 1 is 0.933 bits per heavy atom. The summed E-state index contributed by atoms with van der Waals surface area (Å²) in [7, 11) is 0. The minimum atomic E-state index is -0.249. The molecule has 3 nitrogen and oxygen atoms in total. The van der Waals surface area contributed by atoms with Crippen LogP contribution in [0.15, 0.2) is 42.5 Å². The Bertz CT molecular complexity index is 751. The zero-order chi connectivity index (χ0) is 21.2. The number of hydrogen-bond donors (Lipinski definition) is 0. The SMILES string of the molecule is CCCCCOc1ccc(-c2ccc(CCC3OCC(CCC)CO3)cc2)c(F)c1. The van der Waals surface area contributed by atoms with Gasteiger partial charge in [0.2, 0.25) is 0 Å². The molecule has 0 spiro atoms. The molecule has 4 heteroatoms. The van der Waals surface area contributed by atoms with Gasteiger partial charge in [-0.1, -0.05) is 57.4 Å². The summed E-state index contributed by atoms with van der Waals surface area (Å²) in [4.78, 5) is 0. The van der Waals surface area contributed by atoms with Crippen LogP contribution < -0.4 is 4.74 Å². The Morgan fingerprint density at radius 3 is 2.37 bits per heavy atom. The van der Waals surface area contributed by atoms with Gasteiger partial charge in [0, 0.05) is 24.0 Å². The molecule has 0 saturated carbocycles. The second-order valence-electron chi connectivity index (χ2n) is 8.18. The third kappa shape index (κ3) is 6.82. The van der Waals surface area contributed by atoms with Crippen molar-refractivity contribution >= 4 is 0 Å². The van der Waals surface area contributed by atoms with Crippen LogP contribution in [0.25, 0.3) is 11.1 Å². The van der Waals surface area contributed by atoms with E-state index in [0.717, 1.165) is 57.3 Å². The summed E-state index contributed by atoms with van der Waals surface area (Å²) in [6, 6.07) is 13.2.